The van der Waals surface area contributed by atoms with E-state index in [-0.39, 0.29) is 24.9 Å². The van der Waals surface area contributed by atoms with Gasteiger partial charge in [0.05, 0.1) is 6.61 Å². The lowest BCUT2D eigenvalue weighted by Gasteiger charge is -2.20. The van der Waals surface area contributed by atoms with Crippen molar-refractivity contribution in [1.29, 1.82) is 0 Å². The molecule has 0 bridgehead atoms. The molecule has 0 saturated heterocycles. The molecule has 1 fully saturated rings. The van der Waals surface area contributed by atoms with Crippen LogP contribution in [0, 0.1) is 11.8 Å². The number of allylic oxidation sites excluding steroid dienone is 1. The van der Waals surface area contributed by atoms with E-state index in [2.05, 4.69) is 4.74 Å². The van der Waals surface area contributed by atoms with Crippen molar-refractivity contribution in [2.75, 3.05) is 6.61 Å². The topological polar surface area (TPSA) is 97.7 Å². The number of unbranched alkanes of at least 4 members (excludes halogenated alkanes) is 4. The molecule has 0 amide bonds. The van der Waals surface area contributed by atoms with Crippen molar-refractivity contribution >= 4 is 23.8 Å². The van der Waals surface area contributed by atoms with E-state index in [9.17, 15) is 24.3 Å². The second-order valence-electron chi connectivity index (χ2n) is 8.33. The smallest absolute Gasteiger partial charge is 0.374 e. The van der Waals surface area contributed by atoms with Crippen LogP contribution in [0.2, 0.25) is 0 Å². The van der Waals surface area contributed by atoms with Crippen LogP contribution in [0.1, 0.15) is 90.9 Å². The van der Waals surface area contributed by atoms with Crippen LogP contribution in [-0.2, 0) is 23.9 Å². The highest BCUT2D eigenvalue weighted by Crippen LogP contribution is 2.34. The number of ether oxygens (including phenoxy) is 1. The van der Waals surface area contributed by atoms with Gasteiger partial charge >= 0.3 is 5.97 Å². The molecule has 3 atom stereocenters. The molecular formula is C24H38O6. The van der Waals surface area contributed by atoms with E-state index in [1.54, 1.807) is 6.92 Å². The average Bonchev–Trinajstić information content (AvgIpc) is 3.08. The SMILES string of the molecule is CCCCC(O)(C=O)CC=C[C@H]1CCC(=O)[C@@H]1CCCCCCC(=O)C(=O)OCC. The lowest BCUT2D eigenvalue weighted by Crippen LogP contribution is -2.29. The van der Waals surface area contributed by atoms with Crippen LogP contribution in [0.5, 0.6) is 0 Å². The molecule has 0 spiro atoms. The first-order chi connectivity index (χ1) is 14.4. The van der Waals surface area contributed by atoms with Gasteiger partial charge in [0.1, 0.15) is 11.4 Å². The quantitative estimate of drug-likeness (QED) is 0.132. The number of carbonyl (C=O) groups is 4. The lowest BCUT2D eigenvalue weighted by atomic mass is 9.88. The highest BCUT2D eigenvalue weighted by molar-refractivity contribution is 6.33. The zero-order valence-electron chi connectivity index (χ0n) is 18.6. The van der Waals surface area contributed by atoms with Crippen molar-refractivity contribution in [3.05, 3.63) is 12.2 Å². The standard InChI is InChI=1S/C24H38O6/c1-3-5-16-24(29,18-25)17-10-11-19-14-15-21(26)20(19)12-8-6-7-9-13-22(27)23(28)30-4-2/h10-11,18-20,29H,3-9,12-17H2,1-2H3/t19-,20+,24?/m0/s1. The molecule has 0 aromatic heterocycles. The van der Waals surface area contributed by atoms with E-state index < -0.39 is 17.4 Å². The lowest BCUT2D eigenvalue weighted by molar-refractivity contribution is -0.153. The molecule has 1 rings (SSSR count). The van der Waals surface area contributed by atoms with Crippen LogP contribution in [0.15, 0.2) is 12.2 Å². The molecule has 30 heavy (non-hydrogen) atoms. The predicted molar refractivity (Wildman–Crippen MR) is 115 cm³/mol. The van der Waals surface area contributed by atoms with E-state index in [0.29, 0.717) is 37.8 Å². The predicted octanol–water partition coefficient (Wildman–Crippen LogP) is 4.12. The second-order valence-corrected chi connectivity index (χ2v) is 8.33. The van der Waals surface area contributed by atoms with Crippen molar-refractivity contribution in [3.8, 4) is 0 Å². The average molecular weight is 423 g/mol. The number of hydrogen-bond donors (Lipinski definition) is 1. The van der Waals surface area contributed by atoms with Crippen LogP contribution in [0.3, 0.4) is 0 Å². The molecule has 0 aliphatic heterocycles. The minimum atomic E-state index is -1.30. The van der Waals surface area contributed by atoms with Crippen LogP contribution in [0.4, 0.5) is 0 Å². The zero-order valence-corrected chi connectivity index (χ0v) is 18.6. The Morgan fingerprint density at radius 3 is 2.57 bits per heavy atom. The van der Waals surface area contributed by atoms with Crippen molar-refractivity contribution < 1.29 is 29.0 Å². The highest BCUT2D eigenvalue weighted by atomic mass is 16.5. The van der Waals surface area contributed by atoms with E-state index in [4.69, 9.17) is 0 Å². The first-order valence-electron chi connectivity index (χ1n) is 11.4. The molecule has 6 nitrogen and oxygen atoms in total. The number of aldehydes is 1. The summed E-state index contributed by atoms with van der Waals surface area (Å²) in [6.45, 7) is 3.91. The fourth-order valence-electron chi connectivity index (χ4n) is 4.00. The minimum Gasteiger partial charge on any atom is -0.460 e. The summed E-state index contributed by atoms with van der Waals surface area (Å²) in [5, 5.41) is 10.3. The Balaban J connectivity index is 2.35. The molecule has 1 aliphatic rings. The maximum Gasteiger partial charge on any atom is 0.374 e. The number of esters is 1. The van der Waals surface area contributed by atoms with Crippen molar-refractivity contribution in [3.63, 3.8) is 0 Å². The third kappa shape index (κ3) is 9.33. The number of ketones is 2. The number of rotatable bonds is 16. The highest BCUT2D eigenvalue weighted by Gasteiger charge is 2.32. The number of aliphatic hydroxyl groups is 1. The Morgan fingerprint density at radius 1 is 1.17 bits per heavy atom. The Bertz CT molecular complexity index is 597. The van der Waals surface area contributed by atoms with Gasteiger partial charge in [0.15, 0.2) is 6.29 Å². The summed E-state index contributed by atoms with van der Waals surface area (Å²) in [5.74, 6) is -0.756. The van der Waals surface area contributed by atoms with Crippen LogP contribution < -0.4 is 0 Å². The monoisotopic (exact) mass is 422 g/mol. The molecule has 1 N–H and O–H groups in total. The van der Waals surface area contributed by atoms with E-state index in [0.717, 1.165) is 44.9 Å². The Morgan fingerprint density at radius 2 is 1.90 bits per heavy atom. The number of Topliss-reactive ketones (excluding diaryl/α,β-unsaturated/α-hetero) is 2. The van der Waals surface area contributed by atoms with Crippen molar-refractivity contribution in [2.24, 2.45) is 11.8 Å². The maximum atomic E-state index is 12.3. The Kier molecular flexibility index (Phi) is 12.4. The molecule has 170 valence electrons. The molecule has 0 aromatic carbocycles. The zero-order chi connectivity index (χ0) is 22.4. The fourth-order valence-corrected chi connectivity index (χ4v) is 4.00. The van der Waals surface area contributed by atoms with Gasteiger partial charge in [-0.1, -0.05) is 51.2 Å². The fraction of sp³-hybridized carbons (Fsp3) is 0.750. The van der Waals surface area contributed by atoms with Crippen molar-refractivity contribution in [2.45, 2.75) is 96.5 Å². The van der Waals surface area contributed by atoms with Gasteiger partial charge in [-0.2, -0.15) is 0 Å². The van der Waals surface area contributed by atoms with E-state index in [1.807, 2.05) is 19.1 Å². The van der Waals surface area contributed by atoms with E-state index in [1.165, 1.54) is 0 Å². The van der Waals surface area contributed by atoms with E-state index >= 15 is 0 Å². The summed E-state index contributed by atoms with van der Waals surface area (Å²) < 4.78 is 4.69. The van der Waals surface area contributed by atoms with Gasteiger partial charge in [0.25, 0.3) is 0 Å². The van der Waals surface area contributed by atoms with Gasteiger partial charge in [0, 0.05) is 25.2 Å². The van der Waals surface area contributed by atoms with Gasteiger partial charge < -0.3 is 14.6 Å². The first kappa shape index (κ1) is 26.2. The summed E-state index contributed by atoms with van der Waals surface area (Å²) in [6.07, 6.45) is 12.7. The van der Waals surface area contributed by atoms with Crippen LogP contribution >= 0.6 is 0 Å². The normalized spacial score (nSPS) is 21.0. The maximum absolute atomic E-state index is 12.3. The van der Waals surface area contributed by atoms with Gasteiger partial charge in [-0.3, -0.25) is 9.59 Å². The summed E-state index contributed by atoms with van der Waals surface area (Å²) in [6, 6.07) is 0. The molecule has 1 aliphatic carbocycles. The molecule has 6 heteroatoms. The summed E-state index contributed by atoms with van der Waals surface area (Å²) in [5.41, 5.74) is -1.30. The number of hydrogen-bond acceptors (Lipinski definition) is 6. The van der Waals surface area contributed by atoms with Crippen LogP contribution in [-0.4, -0.2) is 41.1 Å². The molecular weight excluding hydrogens is 384 g/mol. The first-order valence-corrected chi connectivity index (χ1v) is 11.4. The van der Waals surface area contributed by atoms with Gasteiger partial charge in [-0.05, 0) is 38.5 Å². The van der Waals surface area contributed by atoms with Gasteiger partial charge in [-0.25, -0.2) is 4.79 Å². The second kappa shape index (κ2) is 14.2. The van der Waals surface area contributed by atoms with Crippen molar-refractivity contribution in [1.82, 2.24) is 0 Å². The Labute approximate surface area is 180 Å². The van der Waals surface area contributed by atoms with Gasteiger partial charge in [0.2, 0.25) is 5.78 Å². The van der Waals surface area contributed by atoms with Crippen LogP contribution in [0.25, 0.3) is 0 Å². The third-order valence-electron chi connectivity index (χ3n) is 5.86. The third-order valence-corrected chi connectivity index (χ3v) is 5.86. The summed E-state index contributed by atoms with van der Waals surface area (Å²) >= 11 is 0. The minimum absolute atomic E-state index is 0.00220. The molecule has 0 radical (unpaired) electrons. The molecule has 1 saturated carbocycles. The largest absolute Gasteiger partial charge is 0.460 e. The number of carbonyl (C=O) groups excluding carboxylic acids is 4. The molecule has 0 heterocycles. The molecule has 1 unspecified atom stereocenters. The Hall–Kier alpha value is -1.82. The molecule has 0 aromatic rings. The van der Waals surface area contributed by atoms with Gasteiger partial charge in [-0.15, -0.1) is 0 Å². The summed E-state index contributed by atoms with van der Waals surface area (Å²) in [4.78, 5) is 46.3. The summed E-state index contributed by atoms with van der Waals surface area (Å²) in [7, 11) is 0.